The van der Waals surface area contributed by atoms with Gasteiger partial charge in [-0.2, -0.15) is 11.8 Å². The van der Waals surface area contributed by atoms with Crippen molar-refractivity contribution in [2.75, 3.05) is 18.1 Å². The van der Waals surface area contributed by atoms with Crippen molar-refractivity contribution in [3.05, 3.63) is 0 Å². The van der Waals surface area contributed by atoms with Crippen molar-refractivity contribution in [3.63, 3.8) is 0 Å². The highest BCUT2D eigenvalue weighted by Crippen LogP contribution is 2.26. The molecule has 0 spiro atoms. The smallest absolute Gasteiger partial charge is 0.0861 e. The maximum atomic E-state index is 9.12. The van der Waals surface area contributed by atoms with Crippen molar-refractivity contribution >= 4 is 11.8 Å². The minimum atomic E-state index is -0.520. The molecule has 13 heavy (non-hydrogen) atoms. The first-order valence-corrected chi connectivity index (χ1v) is 6.35. The first kappa shape index (κ1) is 11.3. The van der Waals surface area contributed by atoms with Crippen LogP contribution >= 0.6 is 11.8 Å². The number of hydrogen-bond acceptors (Lipinski definition) is 3. The van der Waals surface area contributed by atoms with Gasteiger partial charge in [0.1, 0.15) is 0 Å². The molecule has 1 aliphatic rings. The molecule has 1 aliphatic carbocycles. The summed E-state index contributed by atoms with van der Waals surface area (Å²) in [4.78, 5) is 0. The molecular weight excluding hydrogens is 184 g/mol. The highest BCUT2D eigenvalue weighted by atomic mass is 32.2. The number of hydrogen-bond donors (Lipinski definition) is 2. The summed E-state index contributed by atoms with van der Waals surface area (Å²) in [5.74, 6) is 2.72. The molecule has 1 fully saturated rings. The Bertz CT molecular complexity index is 124. The number of thioether (sulfide) groups is 1. The molecule has 0 saturated heterocycles. The van der Waals surface area contributed by atoms with E-state index in [-0.39, 0.29) is 6.61 Å². The van der Waals surface area contributed by atoms with E-state index in [0.29, 0.717) is 5.75 Å². The second kappa shape index (κ2) is 6.68. The lowest BCUT2D eigenvalue weighted by atomic mass is 9.91. The summed E-state index contributed by atoms with van der Waals surface area (Å²) in [5.41, 5.74) is 0. The molecule has 0 aromatic rings. The zero-order valence-electron chi connectivity index (χ0n) is 8.11. The van der Waals surface area contributed by atoms with Gasteiger partial charge >= 0.3 is 0 Å². The van der Waals surface area contributed by atoms with Gasteiger partial charge in [0.15, 0.2) is 0 Å². The van der Waals surface area contributed by atoms with Crippen LogP contribution in [0.4, 0.5) is 0 Å². The number of aliphatic hydroxyl groups excluding tert-OH is 2. The SMILES string of the molecule is OCC(O)CSCC1CCCCC1. The lowest BCUT2D eigenvalue weighted by molar-refractivity contribution is 0.113. The van der Waals surface area contributed by atoms with Gasteiger partial charge in [0.05, 0.1) is 12.7 Å². The first-order chi connectivity index (χ1) is 6.33. The standard InChI is InChI=1S/C10H20O2S/c11-6-10(12)8-13-7-9-4-2-1-3-5-9/h9-12H,1-8H2. The molecule has 78 valence electrons. The van der Waals surface area contributed by atoms with E-state index in [0.717, 1.165) is 11.7 Å². The van der Waals surface area contributed by atoms with Crippen LogP contribution in [0.15, 0.2) is 0 Å². The van der Waals surface area contributed by atoms with Crippen LogP contribution in [0.1, 0.15) is 32.1 Å². The molecule has 0 bridgehead atoms. The van der Waals surface area contributed by atoms with Crippen LogP contribution in [-0.2, 0) is 0 Å². The highest BCUT2D eigenvalue weighted by molar-refractivity contribution is 7.99. The molecule has 2 N–H and O–H groups in total. The predicted octanol–water partition coefficient (Wildman–Crippen LogP) is 1.65. The van der Waals surface area contributed by atoms with E-state index in [1.165, 1.54) is 32.1 Å². The fourth-order valence-corrected chi connectivity index (χ4v) is 2.96. The summed E-state index contributed by atoms with van der Waals surface area (Å²) in [6.45, 7) is -0.0995. The third-order valence-electron chi connectivity index (χ3n) is 2.60. The summed E-state index contributed by atoms with van der Waals surface area (Å²) >= 11 is 1.78. The Morgan fingerprint density at radius 1 is 1.23 bits per heavy atom. The van der Waals surface area contributed by atoms with Crippen molar-refractivity contribution in [3.8, 4) is 0 Å². The van der Waals surface area contributed by atoms with Crippen molar-refractivity contribution in [2.45, 2.75) is 38.2 Å². The summed E-state index contributed by atoms with van der Waals surface area (Å²) in [6.07, 6.45) is 6.38. The monoisotopic (exact) mass is 204 g/mol. The highest BCUT2D eigenvalue weighted by Gasteiger charge is 2.13. The third-order valence-corrected chi connectivity index (χ3v) is 3.93. The Morgan fingerprint density at radius 3 is 2.54 bits per heavy atom. The maximum Gasteiger partial charge on any atom is 0.0861 e. The summed E-state index contributed by atoms with van der Waals surface area (Å²) in [7, 11) is 0. The summed E-state index contributed by atoms with van der Waals surface area (Å²) < 4.78 is 0. The third kappa shape index (κ3) is 4.89. The van der Waals surface area contributed by atoms with Crippen molar-refractivity contribution in [2.24, 2.45) is 5.92 Å². The van der Waals surface area contributed by atoms with Crippen LogP contribution in [0.2, 0.25) is 0 Å². The Kier molecular flexibility index (Phi) is 5.83. The second-order valence-electron chi connectivity index (χ2n) is 3.88. The summed E-state index contributed by atoms with van der Waals surface area (Å²) in [5, 5.41) is 17.7. The Balaban J connectivity index is 1.98. The van der Waals surface area contributed by atoms with Crippen LogP contribution in [0.25, 0.3) is 0 Å². The first-order valence-electron chi connectivity index (χ1n) is 5.19. The average molecular weight is 204 g/mol. The van der Waals surface area contributed by atoms with Gasteiger partial charge in [0.2, 0.25) is 0 Å². The van der Waals surface area contributed by atoms with Crippen LogP contribution in [0.3, 0.4) is 0 Å². The Labute approximate surface area is 84.7 Å². The normalized spacial score (nSPS) is 21.7. The van der Waals surface area contributed by atoms with Gasteiger partial charge in [0.25, 0.3) is 0 Å². The maximum absolute atomic E-state index is 9.12. The molecule has 2 nitrogen and oxygen atoms in total. The van der Waals surface area contributed by atoms with Gasteiger partial charge in [-0.15, -0.1) is 0 Å². The van der Waals surface area contributed by atoms with Gasteiger partial charge in [-0.1, -0.05) is 19.3 Å². The molecular formula is C10H20O2S. The van der Waals surface area contributed by atoms with E-state index in [9.17, 15) is 0 Å². The zero-order chi connectivity index (χ0) is 9.52. The Hall–Kier alpha value is 0.270. The minimum Gasteiger partial charge on any atom is -0.394 e. The van der Waals surface area contributed by atoms with Crippen molar-refractivity contribution < 1.29 is 10.2 Å². The molecule has 0 aromatic carbocycles. The van der Waals surface area contributed by atoms with E-state index < -0.39 is 6.10 Å². The van der Waals surface area contributed by atoms with Gasteiger partial charge in [-0.05, 0) is 24.5 Å². The lowest BCUT2D eigenvalue weighted by Crippen LogP contribution is -2.17. The van der Waals surface area contributed by atoms with E-state index in [1.54, 1.807) is 11.8 Å². The molecule has 3 heteroatoms. The molecule has 0 radical (unpaired) electrons. The van der Waals surface area contributed by atoms with Gasteiger partial charge < -0.3 is 10.2 Å². The largest absolute Gasteiger partial charge is 0.394 e. The van der Waals surface area contributed by atoms with Crippen molar-refractivity contribution in [1.82, 2.24) is 0 Å². The van der Waals surface area contributed by atoms with E-state index in [4.69, 9.17) is 10.2 Å². The molecule has 1 atom stereocenters. The fraction of sp³-hybridized carbons (Fsp3) is 1.00. The van der Waals surface area contributed by atoms with Gasteiger partial charge in [-0.3, -0.25) is 0 Å². The second-order valence-corrected chi connectivity index (χ2v) is 4.95. The fourth-order valence-electron chi connectivity index (χ4n) is 1.78. The van der Waals surface area contributed by atoms with Gasteiger partial charge in [-0.25, -0.2) is 0 Å². The number of rotatable bonds is 5. The summed E-state index contributed by atoms with van der Waals surface area (Å²) in [6, 6.07) is 0. The van der Waals surface area contributed by atoms with E-state index in [2.05, 4.69) is 0 Å². The predicted molar refractivity (Wildman–Crippen MR) is 57.0 cm³/mol. The average Bonchev–Trinajstić information content (AvgIpc) is 2.19. The van der Waals surface area contributed by atoms with Crippen LogP contribution in [-0.4, -0.2) is 34.4 Å². The zero-order valence-corrected chi connectivity index (χ0v) is 8.93. The molecule has 0 amide bonds. The molecule has 1 unspecified atom stereocenters. The molecule has 0 aliphatic heterocycles. The van der Waals surface area contributed by atoms with Gasteiger partial charge in [0, 0.05) is 5.75 Å². The van der Waals surface area contributed by atoms with E-state index >= 15 is 0 Å². The molecule has 1 saturated carbocycles. The Morgan fingerprint density at radius 2 is 1.92 bits per heavy atom. The van der Waals surface area contributed by atoms with Crippen molar-refractivity contribution in [1.29, 1.82) is 0 Å². The van der Waals surface area contributed by atoms with Crippen LogP contribution in [0.5, 0.6) is 0 Å². The minimum absolute atomic E-state index is 0.0995. The van der Waals surface area contributed by atoms with Crippen LogP contribution < -0.4 is 0 Å². The lowest BCUT2D eigenvalue weighted by Gasteiger charge is -2.21. The van der Waals surface area contributed by atoms with E-state index in [1.807, 2.05) is 0 Å². The molecule has 0 aromatic heterocycles. The van der Waals surface area contributed by atoms with Crippen LogP contribution in [0, 0.1) is 5.92 Å². The molecule has 1 rings (SSSR count). The molecule has 0 heterocycles. The topological polar surface area (TPSA) is 40.5 Å². The number of aliphatic hydroxyl groups is 2. The quantitative estimate of drug-likeness (QED) is 0.715.